The van der Waals surface area contributed by atoms with Crippen LogP contribution in [0.2, 0.25) is 0 Å². The lowest BCUT2D eigenvalue weighted by molar-refractivity contribution is 0.157. The molecule has 0 spiro atoms. The molecule has 2 aromatic rings. The molecule has 2 heterocycles. The van der Waals surface area contributed by atoms with Crippen molar-refractivity contribution in [3.8, 4) is 5.69 Å². The van der Waals surface area contributed by atoms with E-state index in [4.69, 9.17) is 0 Å². The summed E-state index contributed by atoms with van der Waals surface area (Å²) in [5.41, 5.74) is 2.39. The summed E-state index contributed by atoms with van der Waals surface area (Å²) in [5, 5.41) is 11.2. The number of hydrogen-bond acceptors (Lipinski definition) is 3. The van der Waals surface area contributed by atoms with Crippen LogP contribution < -0.4 is 10.6 Å². The molecule has 1 unspecified atom stereocenters. The minimum Gasteiger partial charge on any atom is -0.356 e. The number of likely N-dealkylation sites (tertiary alicyclic amines) is 1. The van der Waals surface area contributed by atoms with Crippen LogP contribution in [0.1, 0.15) is 31.7 Å². The highest BCUT2D eigenvalue weighted by molar-refractivity contribution is 14.0. The number of hydrogen-bond donors (Lipinski definition) is 2. The van der Waals surface area contributed by atoms with Crippen LogP contribution in [0.5, 0.6) is 0 Å². The van der Waals surface area contributed by atoms with Crippen molar-refractivity contribution in [1.29, 1.82) is 0 Å². The average molecular weight is 496 g/mol. The quantitative estimate of drug-likeness (QED) is 0.352. The van der Waals surface area contributed by atoms with Gasteiger partial charge in [0, 0.05) is 38.6 Å². The minimum absolute atomic E-state index is 0. The van der Waals surface area contributed by atoms with Crippen molar-refractivity contribution in [3.05, 3.63) is 48.3 Å². The highest BCUT2D eigenvalue weighted by atomic mass is 127. The highest BCUT2D eigenvalue weighted by Crippen LogP contribution is 2.15. The van der Waals surface area contributed by atoms with Gasteiger partial charge in [-0.2, -0.15) is 5.10 Å². The summed E-state index contributed by atoms with van der Waals surface area (Å²) in [6, 6.07) is 11.1. The van der Waals surface area contributed by atoms with Crippen molar-refractivity contribution in [2.45, 2.75) is 38.6 Å². The molecule has 1 aliphatic rings. The summed E-state index contributed by atoms with van der Waals surface area (Å²) in [7, 11) is 1.84. The number of halogens is 1. The number of piperidine rings is 1. The van der Waals surface area contributed by atoms with Gasteiger partial charge in [0.05, 0.1) is 5.69 Å². The second kappa shape index (κ2) is 12.1. The zero-order chi connectivity index (χ0) is 18.9. The second-order valence-corrected chi connectivity index (χ2v) is 7.03. The van der Waals surface area contributed by atoms with Gasteiger partial charge in [-0.15, -0.1) is 24.0 Å². The molecule has 0 radical (unpaired) electrons. The zero-order valence-electron chi connectivity index (χ0n) is 17.0. The van der Waals surface area contributed by atoms with Gasteiger partial charge in [0.15, 0.2) is 5.96 Å². The van der Waals surface area contributed by atoms with Crippen LogP contribution in [-0.4, -0.2) is 59.9 Å². The van der Waals surface area contributed by atoms with Gasteiger partial charge < -0.3 is 10.6 Å². The molecule has 7 heteroatoms. The molecule has 1 saturated heterocycles. The molecule has 0 amide bonds. The van der Waals surface area contributed by atoms with Crippen LogP contribution in [0.25, 0.3) is 5.69 Å². The minimum atomic E-state index is 0. The number of rotatable bonds is 7. The van der Waals surface area contributed by atoms with E-state index in [0.29, 0.717) is 6.04 Å². The Morgan fingerprint density at radius 1 is 1.21 bits per heavy atom. The number of nitrogens with zero attached hydrogens (tertiary/aromatic N) is 4. The lowest BCUT2D eigenvalue weighted by Crippen LogP contribution is -2.49. The van der Waals surface area contributed by atoms with Crippen LogP contribution in [0, 0.1) is 0 Å². The smallest absolute Gasteiger partial charge is 0.191 e. The molecule has 0 saturated carbocycles. The van der Waals surface area contributed by atoms with Gasteiger partial charge in [0.25, 0.3) is 0 Å². The molecular formula is C21H33IN6. The molecule has 0 aliphatic carbocycles. The maximum atomic E-state index is 4.37. The number of nitrogens with one attached hydrogen (secondary N) is 2. The van der Waals surface area contributed by atoms with Crippen LogP contribution in [0.15, 0.2) is 47.7 Å². The number of likely N-dealkylation sites (N-methyl/N-ethyl adjacent to an activating group) is 1. The molecule has 1 aromatic carbocycles. The number of aromatic nitrogens is 2. The van der Waals surface area contributed by atoms with E-state index < -0.39 is 0 Å². The maximum absolute atomic E-state index is 4.37. The van der Waals surface area contributed by atoms with Gasteiger partial charge in [-0.25, -0.2) is 4.68 Å². The Morgan fingerprint density at radius 2 is 2.04 bits per heavy atom. The Bertz CT molecular complexity index is 698. The average Bonchev–Trinajstić information content (AvgIpc) is 3.26. The fourth-order valence-electron chi connectivity index (χ4n) is 3.70. The Kier molecular flexibility index (Phi) is 9.77. The van der Waals surface area contributed by atoms with Crippen LogP contribution >= 0.6 is 24.0 Å². The third-order valence-electron chi connectivity index (χ3n) is 5.30. The molecule has 28 heavy (non-hydrogen) atoms. The topological polar surface area (TPSA) is 57.5 Å². The first kappa shape index (κ1) is 22.7. The van der Waals surface area contributed by atoms with Gasteiger partial charge in [-0.05, 0) is 56.1 Å². The van der Waals surface area contributed by atoms with Crippen molar-refractivity contribution in [1.82, 2.24) is 25.3 Å². The number of benzene rings is 1. The molecule has 2 N–H and O–H groups in total. The summed E-state index contributed by atoms with van der Waals surface area (Å²) in [4.78, 5) is 6.94. The van der Waals surface area contributed by atoms with E-state index >= 15 is 0 Å². The molecular weight excluding hydrogens is 463 g/mol. The van der Waals surface area contributed by atoms with E-state index in [9.17, 15) is 0 Å². The molecule has 1 aliphatic heterocycles. The van der Waals surface area contributed by atoms with E-state index in [0.717, 1.165) is 37.7 Å². The molecule has 1 aromatic heterocycles. The molecule has 3 rings (SSSR count). The first-order valence-corrected chi connectivity index (χ1v) is 10.1. The standard InChI is InChI=1S/C21H32N6.HI/c1-3-26-15-5-4-7-20(26)17-24-21(22-2)23-14-12-18-8-10-19(11-9-18)27-16-6-13-25-27;/h6,8-11,13,16,20H,3-5,7,12,14-15,17H2,1-2H3,(H2,22,23,24);1H. The Morgan fingerprint density at radius 3 is 2.71 bits per heavy atom. The highest BCUT2D eigenvalue weighted by Gasteiger charge is 2.20. The summed E-state index contributed by atoms with van der Waals surface area (Å²) in [6.07, 6.45) is 8.66. The van der Waals surface area contributed by atoms with E-state index in [2.05, 4.69) is 56.8 Å². The van der Waals surface area contributed by atoms with Crippen LogP contribution in [0.3, 0.4) is 0 Å². The fourth-order valence-corrected chi connectivity index (χ4v) is 3.70. The maximum Gasteiger partial charge on any atom is 0.191 e. The molecule has 1 fully saturated rings. The summed E-state index contributed by atoms with van der Waals surface area (Å²) < 4.78 is 1.87. The van der Waals surface area contributed by atoms with Crippen LogP contribution in [-0.2, 0) is 6.42 Å². The first-order chi connectivity index (χ1) is 13.3. The molecule has 154 valence electrons. The Balaban J connectivity index is 0.00000280. The third-order valence-corrected chi connectivity index (χ3v) is 5.30. The number of aliphatic imine (C=N–C) groups is 1. The number of guanidine groups is 1. The summed E-state index contributed by atoms with van der Waals surface area (Å²) >= 11 is 0. The molecule has 0 bridgehead atoms. The van der Waals surface area contributed by atoms with Gasteiger partial charge in [0.1, 0.15) is 0 Å². The van der Waals surface area contributed by atoms with E-state index in [1.54, 1.807) is 6.20 Å². The summed E-state index contributed by atoms with van der Waals surface area (Å²) in [6.45, 7) is 6.44. The van der Waals surface area contributed by atoms with Gasteiger partial charge in [0.2, 0.25) is 0 Å². The summed E-state index contributed by atoms with van der Waals surface area (Å²) in [5.74, 6) is 0.893. The van der Waals surface area contributed by atoms with Crippen LogP contribution in [0.4, 0.5) is 0 Å². The second-order valence-electron chi connectivity index (χ2n) is 7.03. The zero-order valence-corrected chi connectivity index (χ0v) is 19.3. The fraction of sp³-hybridized carbons (Fsp3) is 0.524. The van der Waals surface area contributed by atoms with Crippen molar-refractivity contribution in [3.63, 3.8) is 0 Å². The predicted molar refractivity (Wildman–Crippen MR) is 127 cm³/mol. The largest absolute Gasteiger partial charge is 0.356 e. The van der Waals surface area contributed by atoms with Crippen molar-refractivity contribution >= 4 is 29.9 Å². The molecule has 6 nitrogen and oxygen atoms in total. The van der Waals surface area contributed by atoms with Gasteiger partial charge >= 0.3 is 0 Å². The first-order valence-electron chi connectivity index (χ1n) is 10.1. The van der Waals surface area contributed by atoms with Crippen molar-refractivity contribution in [2.24, 2.45) is 4.99 Å². The Hall–Kier alpha value is -1.61. The Labute approximate surface area is 185 Å². The lowest BCUT2D eigenvalue weighted by atomic mass is 10.0. The monoisotopic (exact) mass is 496 g/mol. The van der Waals surface area contributed by atoms with E-state index in [1.165, 1.54) is 31.4 Å². The normalized spacial score (nSPS) is 17.8. The van der Waals surface area contributed by atoms with E-state index in [1.807, 2.05) is 24.0 Å². The van der Waals surface area contributed by atoms with Crippen molar-refractivity contribution in [2.75, 3.05) is 33.2 Å². The van der Waals surface area contributed by atoms with Gasteiger partial charge in [-0.3, -0.25) is 9.89 Å². The third kappa shape index (κ3) is 6.48. The SMILES string of the molecule is CCN1CCCCC1CNC(=NC)NCCc1ccc(-n2cccn2)cc1.I. The molecule has 1 atom stereocenters. The predicted octanol–water partition coefficient (Wildman–Crippen LogP) is 3.07. The lowest BCUT2D eigenvalue weighted by Gasteiger charge is -2.35. The van der Waals surface area contributed by atoms with Gasteiger partial charge in [-0.1, -0.05) is 25.5 Å². The van der Waals surface area contributed by atoms with Crippen molar-refractivity contribution < 1.29 is 0 Å². The van der Waals surface area contributed by atoms with E-state index in [-0.39, 0.29) is 24.0 Å².